The normalized spacial score (nSPS) is 11.5. The maximum absolute atomic E-state index is 2.34. The van der Waals surface area contributed by atoms with E-state index < -0.39 is 0 Å². The Morgan fingerprint density at radius 2 is 0.600 bits per heavy atom. The van der Waals surface area contributed by atoms with Crippen LogP contribution in [-0.4, -0.2) is 30.7 Å². The number of unbranched alkanes of at least 4 members (excludes halogenated alkanes) is 11. The number of rotatable bonds is 19. The van der Waals surface area contributed by atoms with Gasteiger partial charge in [0.15, 0.2) is 0 Å². The maximum Gasteiger partial charge on any atom is 0.0786 e. The van der Waals surface area contributed by atoms with Crippen molar-refractivity contribution in [2.75, 3.05) is 26.2 Å². The number of nitrogens with zero attached hydrogens (tertiary/aromatic N) is 1. The Balaban J connectivity index is 0. The van der Waals surface area contributed by atoms with Crippen molar-refractivity contribution in [2.45, 2.75) is 124 Å². The van der Waals surface area contributed by atoms with Crippen LogP contribution in [0.25, 0.3) is 0 Å². The van der Waals surface area contributed by atoms with Crippen LogP contribution in [0.5, 0.6) is 0 Å². The summed E-state index contributed by atoms with van der Waals surface area (Å²) in [6.07, 6.45) is 21.4. The molecule has 0 aliphatic rings. The minimum absolute atomic E-state index is 0. The van der Waals surface area contributed by atoms with Crippen LogP contribution < -0.4 is 17.0 Å². The first-order valence-corrected chi connectivity index (χ1v) is 11.6. The first-order chi connectivity index (χ1) is 11.7. The summed E-state index contributed by atoms with van der Waals surface area (Å²) in [6.45, 7) is 15.2. The standard InChI is InChI=1S/C23H50N.BrH/c1-5-9-13-14-15-19-23-24(20-16-10-6-2,21-17-11-7-3)22-18-12-8-4;/h5-23H2,1-4H3;1H/q+1;/p-1. The number of hydrogen-bond donors (Lipinski definition) is 0. The second-order valence-corrected chi connectivity index (χ2v) is 8.13. The predicted molar refractivity (Wildman–Crippen MR) is 112 cm³/mol. The average molecular weight is 421 g/mol. The van der Waals surface area contributed by atoms with Crippen molar-refractivity contribution < 1.29 is 21.5 Å². The third kappa shape index (κ3) is 16.3. The monoisotopic (exact) mass is 419 g/mol. The summed E-state index contributed by atoms with van der Waals surface area (Å²) < 4.78 is 1.45. The lowest BCUT2D eigenvalue weighted by Crippen LogP contribution is -3.00. The SMILES string of the molecule is CCCCCCCC[N+](CCCCC)(CCCCC)CCCCC.[Br-]. The maximum atomic E-state index is 2.34. The predicted octanol–water partition coefficient (Wildman–Crippen LogP) is 4.74. The molecule has 0 aromatic heterocycles. The molecule has 0 aliphatic heterocycles. The van der Waals surface area contributed by atoms with Crippen molar-refractivity contribution in [2.24, 2.45) is 0 Å². The molecule has 0 aliphatic carbocycles. The van der Waals surface area contributed by atoms with Gasteiger partial charge in [-0.25, -0.2) is 0 Å². The molecule has 0 atom stereocenters. The molecule has 0 fully saturated rings. The van der Waals surface area contributed by atoms with Gasteiger partial charge in [-0.05, 0) is 51.4 Å². The summed E-state index contributed by atoms with van der Waals surface area (Å²) in [6, 6.07) is 0. The molecule has 154 valence electrons. The van der Waals surface area contributed by atoms with Gasteiger partial charge in [-0.2, -0.15) is 0 Å². The molecule has 0 rings (SSSR count). The quantitative estimate of drug-likeness (QED) is 0.209. The Morgan fingerprint density at radius 3 is 0.960 bits per heavy atom. The fraction of sp³-hybridized carbons (Fsp3) is 1.00. The van der Waals surface area contributed by atoms with E-state index in [4.69, 9.17) is 0 Å². The minimum atomic E-state index is 0. The lowest BCUT2D eigenvalue weighted by atomic mass is 10.1. The zero-order valence-electron chi connectivity index (χ0n) is 18.3. The Labute approximate surface area is 171 Å². The van der Waals surface area contributed by atoms with Crippen molar-refractivity contribution in [1.29, 1.82) is 0 Å². The van der Waals surface area contributed by atoms with Crippen LogP contribution in [0.15, 0.2) is 0 Å². The van der Waals surface area contributed by atoms with E-state index >= 15 is 0 Å². The first kappa shape index (κ1) is 27.7. The molecular weight excluding hydrogens is 370 g/mol. The molecule has 1 nitrogen and oxygen atoms in total. The van der Waals surface area contributed by atoms with Crippen LogP contribution >= 0.6 is 0 Å². The van der Waals surface area contributed by atoms with E-state index in [2.05, 4.69) is 27.7 Å². The van der Waals surface area contributed by atoms with E-state index in [1.165, 1.54) is 127 Å². The number of halogens is 1. The average Bonchev–Trinajstić information content (AvgIpc) is 2.58. The van der Waals surface area contributed by atoms with E-state index in [0.717, 1.165) is 0 Å². The number of hydrogen-bond acceptors (Lipinski definition) is 0. The molecule has 0 amide bonds. The summed E-state index contributed by atoms with van der Waals surface area (Å²) in [5.41, 5.74) is 0. The highest BCUT2D eigenvalue weighted by atomic mass is 79.9. The van der Waals surface area contributed by atoms with E-state index in [-0.39, 0.29) is 17.0 Å². The van der Waals surface area contributed by atoms with Gasteiger partial charge in [0.05, 0.1) is 26.2 Å². The summed E-state index contributed by atoms with van der Waals surface area (Å²) in [4.78, 5) is 0. The lowest BCUT2D eigenvalue weighted by Gasteiger charge is -2.39. The largest absolute Gasteiger partial charge is 1.00 e. The zero-order valence-corrected chi connectivity index (χ0v) is 19.8. The second-order valence-electron chi connectivity index (χ2n) is 8.13. The molecule has 0 heterocycles. The molecule has 0 aromatic rings. The lowest BCUT2D eigenvalue weighted by molar-refractivity contribution is -0.929. The molecule has 25 heavy (non-hydrogen) atoms. The van der Waals surface area contributed by atoms with Gasteiger partial charge in [-0.3, -0.25) is 0 Å². The third-order valence-corrected chi connectivity index (χ3v) is 5.69. The van der Waals surface area contributed by atoms with Gasteiger partial charge in [0.1, 0.15) is 0 Å². The van der Waals surface area contributed by atoms with Gasteiger partial charge in [-0.1, -0.05) is 72.6 Å². The van der Waals surface area contributed by atoms with Crippen LogP contribution in [0.4, 0.5) is 0 Å². The molecule has 0 unspecified atom stereocenters. The van der Waals surface area contributed by atoms with Crippen molar-refractivity contribution >= 4 is 0 Å². The van der Waals surface area contributed by atoms with E-state index in [0.29, 0.717) is 0 Å². The van der Waals surface area contributed by atoms with E-state index in [9.17, 15) is 0 Å². The molecule has 0 saturated heterocycles. The zero-order chi connectivity index (χ0) is 17.9. The first-order valence-electron chi connectivity index (χ1n) is 11.6. The summed E-state index contributed by atoms with van der Waals surface area (Å²) >= 11 is 0. The molecule has 0 N–H and O–H groups in total. The van der Waals surface area contributed by atoms with Crippen LogP contribution in [0, 0.1) is 0 Å². The summed E-state index contributed by atoms with van der Waals surface area (Å²) in [5, 5.41) is 0. The summed E-state index contributed by atoms with van der Waals surface area (Å²) in [7, 11) is 0. The molecule has 0 bridgehead atoms. The Hall–Kier alpha value is 0.440. The molecule has 2 heteroatoms. The van der Waals surface area contributed by atoms with Crippen molar-refractivity contribution in [3.8, 4) is 0 Å². The third-order valence-electron chi connectivity index (χ3n) is 5.69. The topological polar surface area (TPSA) is 0 Å². The smallest absolute Gasteiger partial charge is 0.0786 e. The van der Waals surface area contributed by atoms with Crippen LogP contribution in [0.2, 0.25) is 0 Å². The van der Waals surface area contributed by atoms with Crippen molar-refractivity contribution in [1.82, 2.24) is 0 Å². The number of quaternary nitrogens is 1. The second kappa shape index (κ2) is 20.7. The Kier molecular flexibility index (Phi) is 23.0. The van der Waals surface area contributed by atoms with Gasteiger partial charge < -0.3 is 21.5 Å². The summed E-state index contributed by atoms with van der Waals surface area (Å²) in [5.74, 6) is 0. The van der Waals surface area contributed by atoms with Crippen molar-refractivity contribution in [3.05, 3.63) is 0 Å². The Morgan fingerprint density at radius 1 is 0.360 bits per heavy atom. The highest BCUT2D eigenvalue weighted by Gasteiger charge is 2.25. The van der Waals surface area contributed by atoms with Crippen LogP contribution in [0.3, 0.4) is 0 Å². The van der Waals surface area contributed by atoms with Gasteiger partial charge in [0.25, 0.3) is 0 Å². The fourth-order valence-electron chi connectivity index (χ4n) is 3.99. The molecule has 0 spiro atoms. The molecule has 0 aromatic carbocycles. The highest BCUT2D eigenvalue weighted by molar-refractivity contribution is 4.52. The van der Waals surface area contributed by atoms with E-state index in [1.54, 1.807) is 0 Å². The van der Waals surface area contributed by atoms with Gasteiger partial charge >= 0.3 is 0 Å². The van der Waals surface area contributed by atoms with Crippen LogP contribution in [-0.2, 0) is 0 Å². The van der Waals surface area contributed by atoms with Gasteiger partial charge in [-0.15, -0.1) is 0 Å². The minimum Gasteiger partial charge on any atom is -1.00 e. The molecule has 0 saturated carbocycles. The molecular formula is C23H50BrN. The fourth-order valence-corrected chi connectivity index (χ4v) is 3.99. The van der Waals surface area contributed by atoms with Gasteiger partial charge in [0.2, 0.25) is 0 Å². The highest BCUT2D eigenvalue weighted by Crippen LogP contribution is 2.19. The van der Waals surface area contributed by atoms with Crippen molar-refractivity contribution in [3.63, 3.8) is 0 Å². The van der Waals surface area contributed by atoms with Crippen LogP contribution in [0.1, 0.15) is 124 Å². The Bertz CT molecular complexity index is 216. The van der Waals surface area contributed by atoms with E-state index in [1.807, 2.05) is 0 Å². The molecule has 0 radical (unpaired) electrons. The van der Waals surface area contributed by atoms with Gasteiger partial charge in [0, 0.05) is 0 Å².